The third-order valence-electron chi connectivity index (χ3n) is 6.94. The molecule has 1 aliphatic rings. The minimum absolute atomic E-state index is 0.0626. The zero-order valence-electron chi connectivity index (χ0n) is 22.7. The van der Waals surface area contributed by atoms with Gasteiger partial charge in [0.05, 0.1) is 6.10 Å². The second-order valence-corrected chi connectivity index (χ2v) is 10.2. The number of carbonyl (C=O) groups excluding carboxylic acids is 2. The van der Waals surface area contributed by atoms with E-state index in [-0.39, 0.29) is 35.7 Å². The van der Waals surface area contributed by atoms with Crippen molar-refractivity contribution in [1.29, 1.82) is 0 Å². The summed E-state index contributed by atoms with van der Waals surface area (Å²) in [5.41, 5.74) is 7.26. The molecule has 3 rings (SSSR count). The standard InChI is InChI=1S/C29H36ClF2N5O3/c1-3-4-23(10-7-19-11-20(12-19)27(38)34-2)40-26-13-25(28(39)36-15-18-5-8-22(30)9-6-18)35-17-24(26)21(14-33)16-37-29(31)32/h5-6,8-9,13-14,16-17,19-20,23,29H,3-4,7,10-12,15,33H2,1-2H3,(H,34,38)(H,36,39)/b21-14+,37-16+. The fraction of sp³-hybridized carbons (Fsp3) is 0.448. The van der Waals surface area contributed by atoms with Crippen LogP contribution in [0.5, 0.6) is 5.75 Å². The predicted octanol–water partition coefficient (Wildman–Crippen LogP) is 5.36. The van der Waals surface area contributed by atoms with E-state index >= 15 is 0 Å². The molecule has 1 heterocycles. The topological polar surface area (TPSA) is 119 Å². The fourth-order valence-electron chi connectivity index (χ4n) is 4.66. The lowest BCUT2D eigenvalue weighted by molar-refractivity contribution is -0.128. The molecule has 1 aromatic carbocycles. The second-order valence-electron chi connectivity index (χ2n) is 9.81. The van der Waals surface area contributed by atoms with Gasteiger partial charge in [0.25, 0.3) is 5.91 Å². The van der Waals surface area contributed by atoms with Crippen LogP contribution in [0.15, 0.2) is 47.7 Å². The van der Waals surface area contributed by atoms with Crippen molar-refractivity contribution in [2.75, 3.05) is 7.05 Å². The van der Waals surface area contributed by atoms with Crippen LogP contribution in [0, 0.1) is 11.8 Å². The summed E-state index contributed by atoms with van der Waals surface area (Å²) in [4.78, 5) is 32.2. The number of pyridine rings is 1. The zero-order valence-corrected chi connectivity index (χ0v) is 23.5. The number of aromatic nitrogens is 1. The maximum Gasteiger partial charge on any atom is 0.331 e. The molecule has 216 valence electrons. The van der Waals surface area contributed by atoms with Crippen molar-refractivity contribution in [2.45, 2.75) is 64.6 Å². The Labute approximate surface area is 238 Å². The van der Waals surface area contributed by atoms with Gasteiger partial charge in [-0.1, -0.05) is 37.1 Å². The Morgan fingerprint density at radius 1 is 1.25 bits per heavy atom. The molecule has 8 nitrogen and oxygen atoms in total. The Morgan fingerprint density at radius 2 is 1.98 bits per heavy atom. The van der Waals surface area contributed by atoms with E-state index in [4.69, 9.17) is 22.1 Å². The molecule has 0 spiro atoms. The molecule has 1 aliphatic carbocycles. The smallest absolute Gasteiger partial charge is 0.331 e. The third kappa shape index (κ3) is 9.01. The van der Waals surface area contributed by atoms with Crippen LogP contribution in [0.3, 0.4) is 0 Å². The molecular weight excluding hydrogens is 540 g/mol. The van der Waals surface area contributed by atoms with E-state index in [1.54, 1.807) is 19.2 Å². The normalized spacial score (nSPS) is 17.9. The number of amides is 2. The van der Waals surface area contributed by atoms with Crippen molar-refractivity contribution in [3.63, 3.8) is 0 Å². The fourth-order valence-corrected chi connectivity index (χ4v) is 4.79. The molecule has 40 heavy (non-hydrogen) atoms. The molecular formula is C29H36ClF2N5O3. The zero-order chi connectivity index (χ0) is 29.1. The number of allylic oxidation sites excluding steroid dienone is 1. The summed E-state index contributed by atoms with van der Waals surface area (Å²) in [5.74, 6) is 0.459. The number of rotatable bonds is 14. The van der Waals surface area contributed by atoms with Crippen LogP contribution >= 0.6 is 11.6 Å². The van der Waals surface area contributed by atoms with Crippen molar-refractivity contribution >= 4 is 35.2 Å². The van der Waals surface area contributed by atoms with Gasteiger partial charge in [-0.25, -0.2) is 4.99 Å². The minimum atomic E-state index is -2.90. The van der Waals surface area contributed by atoms with Gasteiger partial charge in [0.2, 0.25) is 5.91 Å². The van der Waals surface area contributed by atoms with Crippen LogP contribution in [0.2, 0.25) is 5.02 Å². The number of carbonyl (C=O) groups is 2. The van der Waals surface area contributed by atoms with Crippen molar-refractivity contribution in [1.82, 2.24) is 15.6 Å². The Balaban J connectivity index is 1.78. The Bertz CT molecular complexity index is 1200. The number of benzene rings is 1. The van der Waals surface area contributed by atoms with Gasteiger partial charge in [0.15, 0.2) is 0 Å². The molecule has 1 fully saturated rings. The highest BCUT2D eigenvalue weighted by Gasteiger charge is 2.34. The van der Waals surface area contributed by atoms with E-state index in [1.807, 2.05) is 19.1 Å². The quantitative estimate of drug-likeness (QED) is 0.207. The number of aliphatic imine (C=N–C) groups is 1. The number of nitrogens with one attached hydrogen (secondary N) is 2. The van der Waals surface area contributed by atoms with E-state index in [0.29, 0.717) is 22.3 Å². The number of ether oxygens (including phenoxy) is 1. The number of halogens is 3. The summed E-state index contributed by atoms with van der Waals surface area (Å²) in [6, 6.07) is 8.59. The van der Waals surface area contributed by atoms with Crippen molar-refractivity contribution in [2.24, 2.45) is 22.6 Å². The number of nitrogens with zero attached hydrogens (tertiary/aromatic N) is 2. The molecule has 0 aliphatic heterocycles. The highest BCUT2D eigenvalue weighted by molar-refractivity contribution is 6.30. The first-order valence-corrected chi connectivity index (χ1v) is 13.8. The van der Waals surface area contributed by atoms with Gasteiger partial charge in [-0.2, -0.15) is 8.78 Å². The first kappa shape index (κ1) is 31.0. The first-order chi connectivity index (χ1) is 19.2. The molecule has 11 heteroatoms. The Morgan fingerprint density at radius 3 is 2.60 bits per heavy atom. The third-order valence-corrected chi connectivity index (χ3v) is 7.19. The second kappa shape index (κ2) is 15.3. The number of nitrogens with two attached hydrogens (primary N) is 1. The molecule has 0 saturated heterocycles. The van der Waals surface area contributed by atoms with E-state index in [9.17, 15) is 18.4 Å². The van der Waals surface area contributed by atoms with E-state index < -0.39 is 12.5 Å². The van der Waals surface area contributed by atoms with Gasteiger partial charge in [0, 0.05) is 60.3 Å². The summed E-state index contributed by atoms with van der Waals surface area (Å²) in [6.07, 6.45) is 8.24. The number of hydrogen-bond donors (Lipinski definition) is 3. The van der Waals surface area contributed by atoms with E-state index in [0.717, 1.165) is 56.5 Å². The van der Waals surface area contributed by atoms with Gasteiger partial charge < -0.3 is 21.1 Å². The average molecular weight is 576 g/mol. The van der Waals surface area contributed by atoms with Crippen LogP contribution < -0.4 is 21.1 Å². The number of hydrogen-bond acceptors (Lipinski definition) is 6. The van der Waals surface area contributed by atoms with Crippen molar-refractivity contribution in [3.05, 3.63) is 64.6 Å². The summed E-state index contributed by atoms with van der Waals surface area (Å²) in [6.45, 7) is -0.592. The maximum atomic E-state index is 12.9. The van der Waals surface area contributed by atoms with Crippen molar-refractivity contribution in [3.8, 4) is 5.75 Å². The van der Waals surface area contributed by atoms with Crippen LogP contribution in [-0.4, -0.2) is 42.7 Å². The molecule has 2 aromatic rings. The molecule has 1 aromatic heterocycles. The number of alkyl halides is 2. The summed E-state index contributed by atoms with van der Waals surface area (Å²) in [5, 5.41) is 6.11. The summed E-state index contributed by atoms with van der Waals surface area (Å²) >= 11 is 5.93. The van der Waals surface area contributed by atoms with Crippen molar-refractivity contribution < 1.29 is 23.1 Å². The SMILES string of the molecule is CCCC(CCC1CC(C(=O)NC)C1)Oc1cc(C(=O)NCc2ccc(Cl)cc2)ncc1C(=C/N)/C=N/C(F)F. The Kier molecular flexibility index (Phi) is 11.9. The molecule has 0 bridgehead atoms. The van der Waals surface area contributed by atoms with Crippen LogP contribution in [-0.2, 0) is 11.3 Å². The Hall–Kier alpha value is -3.53. The molecule has 1 unspecified atom stereocenters. The van der Waals surface area contributed by atoms with Gasteiger partial charge in [-0.15, -0.1) is 0 Å². The lowest BCUT2D eigenvalue weighted by Crippen LogP contribution is -2.37. The van der Waals surface area contributed by atoms with E-state index in [2.05, 4.69) is 20.6 Å². The molecule has 2 amide bonds. The van der Waals surface area contributed by atoms with Crippen LogP contribution in [0.25, 0.3) is 5.57 Å². The van der Waals surface area contributed by atoms with E-state index in [1.165, 1.54) is 12.3 Å². The molecule has 1 atom stereocenters. The lowest BCUT2D eigenvalue weighted by atomic mass is 9.72. The van der Waals surface area contributed by atoms with Gasteiger partial charge in [-0.05, 0) is 55.7 Å². The van der Waals surface area contributed by atoms with Crippen LogP contribution in [0.1, 0.15) is 67.1 Å². The van der Waals surface area contributed by atoms with Gasteiger partial charge >= 0.3 is 6.55 Å². The monoisotopic (exact) mass is 575 g/mol. The largest absolute Gasteiger partial charge is 0.490 e. The first-order valence-electron chi connectivity index (χ1n) is 13.4. The van der Waals surface area contributed by atoms with Crippen LogP contribution in [0.4, 0.5) is 8.78 Å². The predicted molar refractivity (Wildman–Crippen MR) is 152 cm³/mol. The maximum absolute atomic E-state index is 12.9. The summed E-state index contributed by atoms with van der Waals surface area (Å²) in [7, 11) is 1.65. The average Bonchev–Trinajstić information content (AvgIpc) is 2.92. The highest BCUT2D eigenvalue weighted by atomic mass is 35.5. The van der Waals surface area contributed by atoms with Gasteiger partial charge in [-0.3, -0.25) is 14.6 Å². The molecule has 1 saturated carbocycles. The molecule has 0 radical (unpaired) electrons. The highest BCUT2D eigenvalue weighted by Crippen LogP contribution is 2.38. The van der Waals surface area contributed by atoms with Gasteiger partial charge in [0.1, 0.15) is 11.4 Å². The lowest BCUT2D eigenvalue weighted by Gasteiger charge is -2.35. The molecule has 4 N–H and O–H groups in total. The minimum Gasteiger partial charge on any atom is -0.490 e. The summed E-state index contributed by atoms with van der Waals surface area (Å²) < 4.78 is 32.0.